The highest BCUT2D eigenvalue weighted by Gasteiger charge is 2.20. The molecule has 1 aromatic carbocycles. The fraction of sp³-hybridized carbons (Fsp3) is 0.176. The van der Waals surface area contributed by atoms with Crippen LogP contribution in [0.15, 0.2) is 41.1 Å². The first kappa shape index (κ1) is 17.1. The Morgan fingerprint density at radius 3 is 2.88 bits per heavy atom. The lowest BCUT2D eigenvalue weighted by Crippen LogP contribution is -2.21. The first-order valence-electron chi connectivity index (χ1n) is 7.49. The molecule has 8 heteroatoms. The van der Waals surface area contributed by atoms with Crippen molar-refractivity contribution >= 4 is 39.1 Å². The number of hydrogen-bond donors (Lipinski definition) is 1. The van der Waals surface area contributed by atoms with Crippen LogP contribution in [-0.4, -0.2) is 33.1 Å². The zero-order chi connectivity index (χ0) is 18.0. The molecule has 0 fully saturated rings. The summed E-state index contributed by atoms with van der Waals surface area (Å²) in [6.45, 7) is 3.22. The van der Waals surface area contributed by atoms with E-state index in [1.54, 1.807) is 31.5 Å². The molecule has 25 heavy (non-hydrogen) atoms. The van der Waals surface area contributed by atoms with E-state index in [-0.39, 0.29) is 5.56 Å². The second-order valence-electron chi connectivity index (χ2n) is 5.44. The minimum atomic E-state index is -0.631. The molecule has 0 aliphatic heterocycles. The molecule has 0 aliphatic rings. The number of nitrogens with zero attached hydrogens (tertiary/aromatic N) is 3. The average molecular weight is 403 g/mol. The van der Waals surface area contributed by atoms with Crippen molar-refractivity contribution in [1.82, 2.24) is 14.6 Å². The van der Waals surface area contributed by atoms with Gasteiger partial charge in [0, 0.05) is 22.6 Å². The van der Waals surface area contributed by atoms with Crippen molar-refractivity contribution in [3.05, 3.63) is 58.0 Å². The molecule has 0 unspecified atom stereocenters. The second-order valence-corrected chi connectivity index (χ2v) is 6.29. The largest absolute Gasteiger partial charge is 0.452 e. The van der Waals surface area contributed by atoms with Gasteiger partial charge in [-0.2, -0.15) is 5.10 Å². The van der Waals surface area contributed by atoms with E-state index in [2.05, 4.69) is 31.3 Å². The second kappa shape index (κ2) is 7.02. The molecule has 3 aromatic rings. The van der Waals surface area contributed by atoms with Crippen molar-refractivity contribution in [2.45, 2.75) is 13.8 Å². The van der Waals surface area contributed by atoms with E-state index in [4.69, 9.17) is 4.74 Å². The molecule has 0 saturated heterocycles. The van der Waals surface area contributed by atoms with Crippen LogP contribution in [0.1, 0.15) is 21.6 Å². The molecule has 2 aromatic heterocycles. The summed E-state index contributed by atoms with van der Waals surface area (Å²) >= 11 is 3.40. The van der Waals surface area contributed by atoms with Crippen LogP contribution in [0.25, 0.3) is 5.65 Å². The van der Waals surface area contributed by atoms with Crippen LogP contribution in [0.3, 0.4) is 0 Å². The van der Waals surface area contributed by atoms with E-state index in [1.165, 1.54) is 4.52 Å². The highest BCUT2D eigenvalue weighted by molar-refractivity contribution is 9.10. The van der Waals surface area contributed by atoms with Crippen LogP contribution in [0, 0.1) is 13.8 Å². The maximum atomic E-state index is 12.3. The fourth-order valence-electron chi connectivity index (χ4n) is 2.36. The molecular weight excluding hydrogens is 388 g/mol. The minimum Gasteiger partial charge on any atom is -0.452 e. The Balaban J connectivity index is 1.66. The van der Waals surface area contributed by atoms with Crippen LogP contribution in [0.4, 0.5) is 5.69 Å². The van der Waals surface area contributed by atoms with Crippen LogP contribution < -0.4 is 5.32 Å². The summed E-state index contributed by atoms with van der Waals surface area (Å²) in [7, 11) is 0. The van der Waals surface area contributed by atoms with E-state index in [0.29, 0.717) is 17.0 Å². The summed E-state index contributed by atoms with van der Waals surface area (Å²) in [6.07, 6.45) is 3.25. The molecule has 0 spiro atoms. The highest BCUT2D eigenvalue weighted by atomic mass is 79.9. The predicted octanol–water partition coefficient (Wildman–Crippen LogP) is 2.90. The zero-order valence-electron chi connectivity index (χ0n) is 13.6. The number of carbonyl (C=O) groups excluding carboxylic acids is 2. The quantitative estimate of drug-likeness (QED) is 0.678. The molecule has 0 aliphatic carbocycles. The summed E-state index contributed by atoms with van der Waals surface area (Å²) in [5.41, 5.74) is 2.77. The Labute approximate surface area is 152 Å². The van der Waals surface area contributed by atoms with Gasteiger partial charge in [0.2, 0.25) is 0 Å². The molecule has 0 bridgehead atoms. The minimum absolute atomic E-state index is 0.257. The van der Waals surface area contributed by atoms with Crippen LogP contribution in [0.5, 0.6) is 0 Å². The third-order valence-electron chi connectivity index (χ3n) is 3.55. The summed E-state index contributed by atoms with van der Waals surface area (Å²) in [6, 6.07) is 7.13. The maximum Gasteiger partial charge on any atom is 0.344 e. The Morgan fingerprint density at radius 1 is 1.32 bits per heavy atom. The fourth-order valence-corrected chi connectivity index (χ4v) is 2.61. The first-order valence-corrected chi connectivity index (χ1v) is 8.28. The summed E-state index contributed by atoms with van der Waals surface area (Å²) in [4.78, 5) is 28.4. The molecule has 3 rings (SSSR count). The van der Waals surface area contributed by atoms with Crippen molar-refractivity contribution in [1.29, 1.82) is 0 Å². The van der Waals surface area contributed by atoms with Gasteiger partial charge < -0.3 is 10.1 Å². The lowest BCUT2D eigenvalue weighted by atomic mass is 10.2. The molecule has 2 heterocycles. The van der Waals surface area contributed by atoms with Gasteiger partial charge >= 0.3 is 5.97 Å². The van der Waals surface area contributed by atoms with E-state index in [9.17, 15) is 9.59 Å². The number of benzene rings is 1. The smallest absolute Gasteiger partial charge is 0.344 e. The Morgan fingerprint density at radius 2 is 2.12 bits per heavy atom. The molecule has 0 atom stereocenters. The van der Waals surface area contributed by atoms with E-state index < -0.39 is 18.5 Å². The Hall–Kier alpha value is -2.74. The number of aryl methyl sites for hydroxylation is 2. The number of ether oxygens (including phenoxy) is 1. The topological polar surface area (TPSA) is 85.6 Å². The van der Waals surface area contributed by atoms with E-state index in [0.717, 1.165) is 10.0 Å². The van der Waals surface area contributed by atoms with Gasteiger partial charge in [-0.05, 0) is 43.7 Å². The number of fused-ring (bicyclic) bond motifs is 1. The molecule has 1 N–H and O–H groups in total. The number of aromatic nitrogens is 3. The third-order valence-corrected chi connectivity index (χ3v) is 4.44. The zero-order valence-corrected chi connectivity index (χ0v) is 15.2. The molecule has 128 valence electrons. The van der Waals surface area contributed by atoms with Crippen LogP contribution >= 0.6 is 15.9 Å². The van der Waals surface area contributed by atoms with E-state index in [1.807, 2.05) is 19.1 Å². The van der Waals surface area contributed by atoms with Crippen molar-refractivity contribution < 1.29 is 14.3 Å². The average Bonchev–Trinajstić information content (AvgIpc) is 2.92. The Kier molecular flexibility index (Phi) is 4.80. The summed E-state index contributed by atoms with van der Waals surface area (Å²) < 4.78 is 7.56. The number of halogens is 1. The van der Waals surface area contributed by atoms with Crippen molar-refractivity contribution in [2.24, 2.45) is 0 Å². The van der Waals surface area contributed by atoms with Gasteiger partial charge in [-0.3, -0.25) is 4.79 Å². The van der Waals surface area contributed by atoms with Gasteiger partial charge in [-0.1, -0.05) is 15.9 Å². The number of amides is 1. The SMILES string of the molecule is Cc1cc(NC(=O)COC(=O)c2c(C)nn3cccnc23)ccc1Br. The molecule has 7 nitrogen and oxygen atoms in total. The lowest BCUT2D eigenvalue weighted by molar-refractivity contribution is -0.119. The van der Waals surface area contributed by atoms with E-state index >= 15 is 0 Å². The predicted molar refractivity (Wildman–Crippen MR) is 95.5 cm³/mol. The maximum absolute atomic E-state index is 12.3. The summed E-state index contributed by atoms with van der Waals surface area (Å²) in [5.74, 6) is -1.05. The van der Waals surface area contributed by atoms with Gasteiger partial charge in [0.15, 0.2) is 12.3 Å². The molecule has 1 amide bonds. The number of anilines is 1. The van der Waals surface area contributed by atoms with Crippen LogP contribution in [-0.2, 0) is 9.53 Å². The van der Waals surface area contributed by atoms with Gasteiger partial charge in [0.1, 0.15) is 5.56 Å². The number of esters is 1. The number of rotatable bonds is 4. The van der Waals surface area contributed by atoms with Gasteiger partial charge in [-0.15, -0.1) is 0 Å². The number of carbonyl (C=O) groups is 2. The van der Waals surface area contributed by atoms with Crippen molar-refractivity contribution in [3.8, 4) is 0 Å². The van der Waals surface area contributed by atoms with Gasteiger partial charge in [-0.25, -0.2) is 14.3 Å². The normalized spacial score (nSPS) is 10.7. The van der Waals surface area contributed by atoms with Gasteiger partial charge in [0.05, 0.1) is 5.69 Å². The molecule has 0 saturated carbocycles. The van der Waals surface area contributed by atoms with Crippen molar-refractivity contribution in [2.75, 3.05) is 11.9 Å². The van der Waals surface area contributed by atoms with Gasteiger partial charge in [0.25, 0.3) is 5.91 Å². The lowest BCUT2D eigenvalue weighted by Gasteiger charge is -2.08. The molecular formula is C17H15BrN4O3. The highest BCUT2D eigenvalue weighted by Crippen LogP contribution is 2.20. The Bertz CT molecular complexity index is 968. The number of nitrogens with one attached hydrogen (secondary N) is 1. The standard InChI is InChI=1S/C17H15BrN4O3/c1-10-8-12(4-5-13(10)18)20-14(23)9-25-17(24)15-11(2)21-22-7-3-6-19-16(15)22/h3-8H,9H2,1-2H3,(H,20,23). The first-order chi connectivity index (χ1) is 12.0. The summed E-state index contributed by atoms with van der Waals surface area (Å²) in [5, 5.41) is 6.88. The van der Waals surface area contributed by atoms with Crippen LogP contribution in [0.2, 0.25) is 0 Å². The third kappa shape index (κ3) is 3.69. The monoisotopic (exact) mass is 402 g/mol. The number of hydrogen-bond acceptors (Lipinski definition) is 5. The molecule has 0 radical (unpaired) electrons. The van der Waals surface area contributed by atoms with Crippen molar-refractivity contribution in [3.63, 3.8) is 0 Å².